The number of anilines is 1. The van der Waals surface area contributed by atoms with Crippen LogP contribution in [-0.2, 0) is 6.42 Å². The summed E-state index contributed by atoms with van der Waals surface area (Å²) in [5.74, 6) is 0.972. The average molecular weight is 313 g/mol. The Morgan fingerprint density at radius 1 is 0.739 bits per heavy atom. The molecule has 0 fully saturated rings. The van der Waals surface area contributed by atoms with Crippen LogP contribution in [0.5, 0.6) is 5.75 Å². The number of rotatable bonds is 11. The van der Waals surface area contributed by atoms with E-state index >= 15 is 0 Å². The quantitative estimate of drug-likeness (QED) is 0.558. The molecule has 4 nitrogen and oxygen atoms in total. The molecule has 0 spiro atoms. The number of nitrogens with one attached hydrogen (secondary N) is 3. The van der Waals surface area contributed by atoms with Crippen molar-refractivity contribution in [2.45, 2.75) is 6.42 Å². The summed E-state index contributed by atoms with van der Waals surface area (Å²) < 4.78 is 5.36. The first-order valence-corrected chi connectivity index (χ1v) is 8.22. The van der Waals surface area contributed by atoms with E-state index in [1.165, 1.54) is 11.3 Å². The van der Waals surface area contributed by atoms with Gasteiger partial charge in [-0.05, 0) is 36.7 Å². The summed E-state index contributed by atoms with van der Waals surface area (Å²) in [5.41, 5.74) is 2.42. The van der Waals surface area contributed by atoms with Crippen LogP contribution in [0.25, 0.3) is 0 Å². The van der Waals surface area contributed by atoms with Gasteiger partial charge in [-0.1, -0.05) is 36.4 Å². The highest BCUT2D eigenvalue weighted by molar-refractivity contribution is 5.42. The monoisotopic (exact) mass is 313 g/mol. The van der Waals surface area contributed by atoms with Crippen molar-refractivity contribution in [3.05, 3.63) is 60.2 Å². The molecule has 0 bridgehead atoms. The predicted octanol–water partition coefficient (Wildman–Crippen LogP) is 2.53. The Hall–Kier alpha value is -2.04. The van der Waals surface area contributed by atoms with E-state index in [9.17, 15) is 0 Å². The van der Waals surface area contributed by atoms with Crippen molar-refractivity contribution in [2.75, 3.05) is 45.2 Å². The Morgan fingerprint density at radius 2 is 1.39 bits per heavy atom. The normalized spacial score (nSPS) is 10.5. The molecule has 0 unspecified atom stereocenters. The summed E-state index contributed by atoms with van der Waals surface area (Å²) in [6.45, 7) is 4.81. The average Bonchev–Trinajstić information content (AvgIpc) is 2.61. The van der Waals surface area contributed by atoms with Gasteiger partial charge in [0, 0.05) is 31.9 Å². The summed E-state index contributed by atoms with van der Waals surface area (Å²) in [7, 11) is 1.72. The van der Waals surface area contributed by atoms with Crippen molar-refractivity contribution in [3.63, 3.8) is 0 Å². The number of ether oxygens (including phenoxy) is 1. The van der Waals surface area contributed by atoms with Crippen molar-refractivity contribution in [1.29, 1.82) is 0 Å². The molecular formula is C19H27N3O. The lowest BCUT2D eigenvalue weighted by atomic mass is 10.1. The molecule has 4 heteroatoms. The topological polar surface area (TPSA) is 45.3 Å². The standard InChI is InChI=1S/C19H27N3O/c1-23-19-10-6-5-7-17(19)11-12-20-13-14-21-15-16-22-18-8-3-2-4-9-18/h2-10,20-22H,11-16H2,1H3. The molecule has 2 rings (SSSR count). The smallest absolute Gasteiger partial charge is 0.122 e. The van der Waals surface area contributed by atoms with Crippen LogP contribution < -0.4 is 20.7 Å². The van der Waals surface area contributed by atoms with Crippen LogP contribution >= 0.6 is 0 Å². The Labute approximate surface area is 139 Å². The molecule has 0 atom stereocenters. The molecule has 0 aliphatic rings. The largest absolute Gasteiger partial charge is 0.496 e. The van der Waals surface area contributed by atoms with Gasteiger partial charge in [0.1, 0.15) is 5.75 Å². The molecule has 2 aromatic carbocycles. The second-order valence-corrected chi connectivity index (χ2v) is 5.35. The third-order valence-corrected chi connectivity index (χ3v) is 3.65. The minimum absolute atomic E-state index is 0.936. The van der Waals surface area contributed by atoms with E-state index in [4.69, 9.17) is 4.74 Å². The van der Waals surface area contributed by atoms with Gasteiger partial charge in [0.25, 0.3) is 0 Å². The highest BCUT2D eigenvalue weighted by atomic mass is 16.5. The third-order valence-electron chi connectivity index (χ3n) is 3.65. The van der Waals surface area contributed by atoms with Crippen molar-refractivity contribution >= 4 is 5.69 Å². The number of hydrogen-bond acceptors (Lipinski definition) is 4. The van der Waals surface area contributed by atoms with Crippen molar-refractivity contribution in [1.82, 2.24) is 10.6 Å². The summed E-state index contributed by atoms with van der Waals surface area (Å²) in [4.78, 5) is 0. The fraction of sp³-hybridized carbons (Fsp3) is 0.368. The molecule has 3 N–H and O–H groups in total. The van der Waals surface area contributed by atoms with Crippen LogP contribution in [0.2, 0.25) is 0 Å². The molecule has 0 aliphatic carbocycles. The number of para-hydroxylation sites is 2. The number of methoxy groups -OCH3 is 1. The van der Waals surface area contributed by atoms with E-state index in [0.717, 1.165) is 44.9 Å². The van der Waals surface area contributed by atoms with E-state index < -0.39 is 0 Å². The van der Waals surface area contributed by atoms with Crippen LogP contribution in [0.15, 0.2) is 54.6 Å². The second-order valence-electron chi connectivity index (χ2n) is 5.35. The van der Waals surface area contributed by atoms with Gasteiger partial charge >= 0.3 is 0 Å². The van der Waals surface area contributed by atoms with Crippen LogP contribution in [0.1, 0.15) is 5.56 Å². The first-order chi connectivity index (χ1) is 11.4. The van der Waals surface area contributed by atoms with Crippen LogP contribution in [0.3, 0.4) is 0 Å². The van der Waals surface area contributed by atoms with Gasteiger partial charge in [-0.2, -0.15) is 0 Å². The van der Waals surface area contributed by atoms with Gasteiger partial charge in [0.15, 0.2) is 0 Å². The Bertz CT molecular complexity index is 545. The van der Waals surface area contributed by atoms with E-state index in [-0.39, 0.29) is 0 Å². The minimum Gasteiger partial charge on any atom is -0.496 e. The summed E-state index contributed by atoms with van der Waals surface area (Å²) in [6, 6.07) is 18.5. The highest BCUT2D eigenvalue weighted by Gasteiger charge is 2.00. The third kappa shape index (κ3) is 6.72. The minimum atomic E-state index is 0.936. The first-order valence-electron chi connectivity index (χ1n) is 8.22. The fourth-order valence-electron chi connectivity index (χ4n) is 2.41. The summed E-state index contributed by atoms with van der Waals surface area (Å²) in [6.07, 6.45) is 0.986. The lowest BCUT2D eigenvalue weighted by Crippen LogP contribution is -2.31. The van der Waals surface area contributed by atoms with Crippen LogP contribution in [-0.4, -0.2) is 39.8 Å². The Morgan fingerprint density at radius 3 is 2.17 bits per heavy atom. The molecule has 0 amide bonds. The van der Waals surface area contributed by atoms with Gasteiger partial charge in [-0.3, -0.25) is 0 Å². The van der Waals surface area contributed by atoms with E-state index in [2.05, 4.69) is 40.2 Å². The first kappa shape index (κ1) is 17.3. The van der Waals surface area contributed by atoms with Gasteiger partial charge < -0.3 is 20.7 Å². The molecule has 0 aliphatic heterocycles. The zero-order valence-electron chi connectivity index (χ0n) is 13.8. The van der Waals surface area contributed by atoms with Crippen LogP contribution in [0.4, 0.5) is 5.69 Å². The molecular weight excluding hydrogens is 286 g/mol. The SMILES string of the molecule is COc1ccccc1CCNCCNCCNc1ccccc1. The van der Waals surface area contributed by atoms with Crippen molar-refractivity contribution < 1.29 is 4.74 Å². The van der Waals surface area contributed by atoms with E-state index in [0.29, 0.717) is 0 Å². The number of hydrogen-bond donors (Lipinski definition) is 3. The van der Waals surface area contributed by atoms with Crippen LogP contribution in [0, 0.1) is 0 Å². The van der Waals surface area contributed by atoms with E-state index in [1.54, 1.807) is 7.11 Å². The molecule has 124 valence electrons. The molecule has 0 saturated carbocycles. The van der Waals surface area contributed by atoms with Gasteiger partial charge in [-0.15, -0.1) is 0 Å². The maximum absolute atomic E-state index is 5.36. The number of benzene rings is 2. The van der Waals surface area contributed by atoms with Gasteiger partial charge in [-0.25, -0.2) is 0 Å². The van der Waals surface area contributed by atoms with Crippen molar-refractivity contribution in [2.24, 2.45) is 0 Å². The zero-order valence-corrected chi connectivity index (χ0v) is 13.8. The highest BCUT2D eigenvalue weighted by Crippen LogP contribution is 2.17. The molecule has 2 aromatic rings. The predicted molar refractivity (Wildman–Crippen MR) is 97.4 cm³/mol. The maximum Gasteiger partial charge on any atom is 0.122 e. The fourth-order valence-corrected chi connectivity index (χ4v) is 2.41. The van der Waals surface area contributed by atoms with Gasteiger partial charge in [0.2, 0.25) is 0 Å². The Kier molecular flexibility index (Phi) is 8.02. The molecule has 23 heavy (non-hydrogen) atoms. The zero-order chi connectivity index (χ0) is 16.2. The Balaban J connectivity index is 1.47. The maximum atomic E-state index is 5.36. The summed E-state index contributed by atoms with van der Waals surface area (Å²) >= 11 is 0. The van der Waals surface area contributed by atoms with Crippen molar-refractivity contribution in [3.8, 4) is 5.75 Å². The molecule has 0 aromatic heterocycles. The second kappa shape index (κ2) is 10.6. The molecule has 0 radical (unpaired) electrons. The lowest BCUT2D eigenvalue weighted by Gasteiger charge is -2.10. The molecule has 0 saturated heterocycles. The van der Waals surface area contributed by atoms with Gasteiger partial charge in [0.05, 0.1) is 7.11 Å². The summed E-state index contributed by atoms with van der Waals surface area (Å²) in [5, 5.41) is 10.3. The molecule has 0 heterocycles. The van der Waals surface area contributed by atoms with E-state index in [1.807, 2.05) is 30.3 Å². The lowest BCUT2D eigenvalue weighted by molar-refractivity contribution is 0.409.